The van der Waals surface area contributed by atoms with Gasteiger partial charge in [0.2, 0.25) is 0 Å². The van der Waals surface area contributed by atoms with Crippen molar-refractivity contribution in [3.63, 3.8) is 0 Å². The zero-order valence-electron chi connectivity index (χ0n) is 12.0. The van der Waals surface area contributed by atoms with Crippen molar-refractivity contribution in [2.24, 2.45) is 0 Å². The van der Waals surface area contributed by atoms with E-state index >= 15 is 0 Å². The molecule has 1 N–H and O–H groups in total. The Balaban J connectivity index is 2.10. The van der Waals surface area contributed by atoms with Gasteiger partial charge in [0.1, 0.15) is 0 Å². The number of nitrogens with one attached hydrogen (secondary N) is 1. The van der Waals surface area contributed by atoms with Crippen LogP contribution in [-0.4, -0.2) is 20.6 Å². The molecule has 4 nitrogen and oxygen atoms in total. The first kappa shape index (κ1) is 15.3. The molecule has 2 aromatic rings. The minimum atomic E-state index is -3.06. The highest BCUT2D eigenvalue weighted by molar-refractivity contribution is 7.89. The number of sulfone groups is 1. The summed E-state index contributed by atoms with van der Waals surface area (Å²) < 4.78 is 22.4. The van der Waals surface area contributed by atoms with Gasteiger partial charge in [0.15, 0.2) is 9.84 Å². The second-order valence-electron chi connectivity index (χ2n) is 5.09. The number of amides is 1. The van der Waals surface area contributed by atoms with Crippen LogP contribution in [-0.2, 0) is 15.6 Å². The van der Waals surface area contributed by atoms with Crippen LogP contribution < -0.4 is 5.32 Å². The minimum Gasteiger partial charge on any atom is -0.322 e. The van der Waals surface area contributed by atoms with E-state index in [1.54, 1.807) is 24.3 Å². The van der Waals surface area contributed by atoms with Crippen LogP contribution in [0.4, 0.5) is 5.69 Å². The Labute approximate surface area is 124 Å². The molecule has 0 aromatic heterocycles. The van der Waals surface area contributed by atoms with Crippen molar-refractivity contribution < 1.29 is 13.2 Å². The fourth-order valence-corrected chi connectivity index (χ4v) is 2.78. The normalized spacial score (nSPS) is 11.1. The molecule has 2 aromatic carbocycles. The smallest absolute Gasteiger partial charge is 0.255 e. The maximum atomic E-state index is 12.1. The summed E-state index contributed by atoms with van der Waals surface area (Å²) in [5.41, 5.74) is 2.97. The third-order valence-electron chi connectivity index (χ3n) is 2.92. The molecule has 0 radical (unpaired) electrons. The summed E-state index contributed by atoms with van der Waals surface area (Å²) in [6, 6.07) is 14.1. The van der Waals surface area contributed by atoms with E-state index in [1.165, 1.54) is 6.26 Å². The first-order valence-electron chi connectivity index (χ1n) is 6.48. The van der Waals surface area contributed by atoms with Gasteiger partial charge in [-0.15, -0.1) is 0 Å². The number of carbonyl (C=O) groups is 1. The number of carbonyl (C=O) groups excluding carboxylic acids is 1. The number of benzene rings is 2. The number of aryl methyl sites for hydroxylation is 1. The molecule has 0 aliphatic heterocycles. The number of hydrogen-bond acceptors (Lipinski definition) is 3. The highest BCUT2D eigenvalue weighted by atomic mass is 32.2. The fourth-order valence-electron chi connectivity index (χ4n) is 1.98. The van der Waals surface area contributed by atoms with Crippen LogP contribution in [0, 0.1) is 6.92 Å². The highest BCUT2D eigenvalue weighted by Crippen LogP contribution is 2.13. The lowest BCUT2D eigenvalue weighted by Crippen LogP contribution is -2.12. The van der Waals surface area contributed by atoms with Crippen LogP contribution in [0.2, 0.25) is 0 Å². The molecule has 0 spiro atoms. The molecule has 0 saturated heterocycles. The van der Waals surface area contributed by atoms with E-state index in [1.807, 2.05) is 31.2 Å². The van der Waals surface area contributed by atoms with Crippen LogP contribution in [0.5, 0.6) is 0 Å². The predicted molar refractivity (Wildman–Crippen MR) is 84.1 cm³/mol. The van der Waals surface area contributed by atoms with E-state index in [4.69, 9.17) is 0 Å². The maximum Gasteiger partial charge on any atom is 0.255 e. The molecular formula is C16H17NO3S. The van der Waals surface area contributed by atoms with E-state index in [9.17, 15) is 13.2 Å². The Morgan fingerprint density at radius 1 is 1.10 bits per heavy atom. The van der Waals surface area contributed by atoms with Gasteiger partial charge in [0.05, 0.1) is 5.75 Å². The molecule has 110 valence electrons. The van der Waals surface area contributed by atoms with Crippen LogP contribution in [0.25, 0.3) is 0 Å². The molecule has 0 atom stereocenters. The van der Waals surface area contributed by atoms with Crippen LogP contribution in [0.3, 0.4) is 0 Å². The van der Waals surface area contributed by atoms with Crippen LogP contribution >= 0.6 is 0 Å². The lowest BCUT2D eigenvalue weighted by molar-refractivity contribution is 0.102. The second-order valence-corrected chi connectivity index (χ2v) is 7.23. The van der Waals surface area contributed by atoms with Crippen LogP contribution in [0.15, 0.2) is 48.5 Å². The van der Waals surface area contributed by atoms with Crippen molar-refractivity contribution in [1.82, 2.24) is 0 Å². The Kier molecular flexibility index (Phi) is 4.43. The van der Waals surface area contributed by atoms with Gasteiger partial charge in [0.25, 0.3) is 5.91 Å². The molecule has 0 aliphatic rings. The van der Waals surface area contributed by atoms with Gasteiger partial charge in [-0.1, -0.05) is 24.3 Å². The van der Waals surface area contributed by atoms with Crippen molar-refractivity contribution >= 4 is 21.4 Å². The molecule has 21 heavy (non-hydrogen) atoms. The summed E-state index contributed by atoms with van der Waals surface area (Å²) in [5.74, 6) is -0.237. The average molecular weight is 303 g/mol. The molecule has 0 bridgehead atoms. The first-order valence-corrected chi connectivity index (χ1v) is 8.54. The maximum absolute atomic E-state index is 12.1. The van der Waals surface area contributed by atoms with Gasteiger partial charge in [-0.3, -0.25) is 4.79 Å². The zero-order chi connectivity index (χ0) is 15.5. The summed E-state index contributed by atoms with van der Waals surface area (Å²) in [4.78, 5) is 12.1. The largest absolute Gasteiger partial charge is 0.322 e. The van der Waals surface area contributed by atoms with Crippen molar-refractivity contribution in [2.75, 3.05) is 11.6 Å². The number of rotatable bonds is 4. The van der Waals surface area contributed by atoms with Crippen molar-refractivity contribution in [3.05, 3.63) is 65.2 Å². The minimum absolute atomic E-state index is 0.0211. The molecule has 0 unspecified atom stereocenters. The summed E-state index contributed by atoms with van der Waals surface area (Å²) in [5, 5.41) is 2.81. The van der Waals surface area contributed by atoms with E-state index in [0.717, 1.165) is 11.3 Å². The monoisotopic (exact) mass is 303 g/mol. The van der Waals surface area contributed by atoms with Gasteiger partial charge in [-0.2, -0.15) is 0 Å². The van der Waals surface area contributed by atoms with E-state index in [-0.39, 0.29) is 11.7 Å². The first-order chi connectivity index (χ1) is 9.83. The van der Waals surface area contributed by atoms with Crippen LogP contribution in [0.1, 0.15) is 21.5 Å². The Bertz CT molecular complexity index is 749. The Morgan fingerprint density at radius 3 is 2.33 bits per heavy atom. The van der Waals surface area contributed by atoms with Crippen molar-refractivity contribution in [3.8, 4) is 0 Å². The molecule has 0 saturated carbocycles. The Morgan fingerprint density at radius 2 is 1.76 bits per heavy atom. The van der Waals surface area contributed by atoms with Gasteiger partial charge in [-0.05, 0) is 42.3 Å². The lowest BCUT2D eigenvalue weighted by atomic mass is 10.1. The molecule has 2 rings (SSSR count). The topological polar surface area (TPSA) is 63.2 Å². The highest BCUT2D eigenvalue weighted by Gasteiger charge is 2.08. The van der Waals surface area contributed by atoms with Crippen molar-refractivity contribution in [2.45, 2.75) is 12.7 Å². The number of anilines is 1. The van der Waals surface area contributed by atoms with Gasteiger partial charge in [-0.25, -0.2) is 8.42 Å². The summed E-state index contributed by atoms with van der Waals surface area (Å²) in [6.07, 6.45) is 1.19. The average Bonchev–Trinajstić information content (AvgIpc) is 2.37. The third-order valence-corrected chi connectivity index (χ3v) is 3.78. The van der Waals surface area contributed by atoms with Gasteiger partial charge >= 0.3 is 0 Å². The second kappa shape index (κ2) is 6.10. The standard InChI is InChI=1S/C16H17NO3S/c1-12-4-3-5-15(10-12)17-16(18)14-8-6-13(7-9-14)11-21(2,19)20/h3-10H,11H2,1-2H3,(H,17,18). The quantitative estimate of drug-likeness (QED) is 0.944. The lowest BCUT2D eigenvalue weighted by Gasteiger charge is -2.07. The molecule has 0 fully saturated rings. The fraction of sp³-hybridized carbons (Fsp3) is 0.188. The molecule has 1 amide bonds. The predicted octanol–water partition coefficient (Wildman–Crippen LogP) is 2.79. The molecule has 0 aliphatic carbocycles. The van der Waals surface area contributed by atoms with Gasteiger partial charge < -0.3 is 5.32 Å². The molecule has 0 heterocycles. The van der Waals surface area contributed by atoms with E-state index in [0.29, 0.717) is 11.1 Å². The molecule has 5 heteroatoms. The third kappa shape index (κ3) is 4.72. The summed E-state index contributed by atoms with van der Waals surface area (Å²) >= 11 is 0. The van der Waals surface area contributed by atoms with Gasteiger partial charge in [0, 0.05) is 17.5 Å². The molecular weight excluding hydrogens is 286 g/mol. The zero-order valence-corrected chi connectivity index (χ0v) is 12.8. The summed E-state index contributed by atoms with van der Waals surface area (Å²) in [7, 11) is -3.06. The number of hydrogen-bond donors (Lipinski definition) is 1. The van der Waals surface area contributed by atoms with E-state index in [2.05, 4.69) is 5.32 Å². The Hall–Kier alpha value is -2.14. The summed E-state index contributed by atoms with van der Waals surface area (Å²) in [6.45, 7) is 1.95. The van der Waals surface area contributed by atoms with E-state index < -0.39 is 9.84 Å². The van der Waals surface area contributed by atoms with Crippen molar-refractivity contribution in [1.29, 1.82) is 0 Å². The SMILES string of the molecule is Cc1cccc(NC(=O)c2ccc(CS(C)(=O)=O)cc2)c1.